The van der Waals surface area contributed by atoms with Crippen molar-refractivity contribution in [3.05, 3.63) is 76.8 Å². The van der Waals surface area contributed by atoms with Crippen LogP contribution in [0.4, 0.5) is 5.69 Å². The number of amides is 1. The van der Waals surface area contributed by atoms with Crippen molar-refractivity contribution in [1.82, 2.24) is 4.98 Å². The third kappa shape index (κ3) is 4.11. The lowest BCUT2D eigenvalue weighted by atomic mass is 10.0. The van der Waals surface area contributed by atoms with Gasteiger partial charge in [0.25, 0.3) is 5.91 Å². The van der Waals surface area contributed by atoms with Crippen molar-refractivity contribution in [2.75, 3.05) is 26.6 Å². The van der Waals surface area contributed by atoms with Gasteiger partial charge in [0.05, 0.1) is 43.8 Å². The van der Waals surface area contributed by atoms with E-state index in [1.807, 2.05) is 60.7 Å². The molecular formula is C25H21BrN2O4. The first kappa shape index (κ1) is 21.6. The molecule has 0 spiro atoms. The Hall–Kier alpha value is -3.58. The first-order valence-electron chi connectivity index (χ1n) is 9.81. The number of nitrogens with zero attached hydrogens (tertiary/aromatic N) is 1. The molecule has 0 fully saturated rings. The summed E-state index contributed by atoms with van der Waals surface area (Å²) >= 11 is 3.48. The van der Waals surface area contributed by atoms with Crippen LogP contribution in [-0.4, -0.2) is 32.2 Å². The van der Waals surface area contributed by atoms with Crippen LogP contribution in [-0.2, 0) is 0 Å². The second-order valence-electron chi connectivity index (χ2n) is 6.92. The van der Waals surface area contributed by atoms with Gasteiger partial charge in [0, 0.05) is 15.4 Å². The maximum atomic E-state index is 13.3. The topological polar surface area (TPSA) is 69.7 Å². The average Bonchev–Trinajstić information content (AvgIpc) is 2.83. The molecule has 0 atom stereocenters. The van der Waals surface area contributed by atoms with Crippen LogP contribution in [0.1, 0.15) is 10.4 Å². The van der Waals surface area contributed by atoms with Gasteiger partial charge in [0.2, 0.25) is 5.75 Å². The number of methoxy groups -OCH3 is 3. The van der Waals surface area contributed by atoms with Gasteiger partial charge < -0.3 is 19.5 Å². The van der Waals surface area contributed by atoms with Gasteiger partial charge >= 0.3 is 0 Å². The summed E-state index contributed by atoms with van der Waals surface area (Å²) in [7, 11) is 4.68. The minimum atomic E-state index is -0.232. The van der Waals surface area contributed by atoms with Crippen molar-refractivity contribution >= 4 is 38.4 Å². The van der Waals surface area contributed by atoms with E-state index in [1.165, 1.54) is 0 Å². The molecule has 32 heavy (non-hydrogen) atoms. The quantitative estimate of drug-likeness (QED) is 0.360. The lowest BCUT2D eigenvalue weighted by Crippen LogP contribution is -2.13. The summed E-state index contributed by atoms with van der Waals surface area (Å²) in [6.07, 6.45) is 0. The number of hydrogen-bond donors (Lipinski definition) is 1. The number of para-hydroxylation sites is 2. The number of rotatable bonds is 6. The molecule has 0 unspecified atom stereocenters. The molecule has 1 aromatic heterocycles. The monoisotopic (exact) mass is 492 g/mol. The third-order valence-corrected chi connectivity index (χ3v) is 5.73. The summed E-state index contributed by atoms with van der Waals surface area (Å²) in [5, 5.41) is 3.74. The maximum Gasteiger partial charge on any atom is 0.256 e. The van der Waals surface area contributed by atoms with Crippen molar-refractivity contribution in [1.29, 1.82) is 0 Å². The van der Waals surface area contributed by atoms with Gasteiger partial charge in [0.1, 0.15) is 0 Å². The molecule has 4 rings (SSSR count). The SMILES string of the molecule is COc1cc(-c2cc(C(=O)Nc3ccccc3Br)c3ccccc3n2)cc(OC)c1OC. The Morgan fingerprint density at radius 2 is 1.53 bits per heavy atom. The van der Waals surface area contributed by atoms with Gasteiger partial charge in [-0.15, -0.1) is 0 Å². The molecule has 0 radical (unpaired) electrons. The number of benzene rings is 3. The predicted molar refractivity (Wildman–Crippen MR) is 129 cm³/mol. The van der Waals surface area contributed by atoms with Crippen LogP contribution in [0.5, 0.6) is 17.2 Å². The molecule has 0 saturated carbocycles. The summed E-state index contributed by atoms with van der Waals surface area (Å²) in [5.74, 6) is 1.28. The fourth-order valence-electron chi connectivity index (χ4n) is 3.49. The molecule has 0 bridgehead atoms. The molecule has 6 nitrogen and oxygen atoms in total. The van der Waals surface area contributed by atoms with Crippen molar-refractivity contribution in [3.8, 4) is 28.5 Å². The van der Waals surface area contributed by atoms with Crippen LogP contribution in [0.2, 0.25) is 0 Å². The Labute approximate surface area is 194 Å². The Kier molecular flexibility index (Phi) is 6.28. The van der Waals surface area contributed by atoms with E-state index >= 15 is 0 Å². The van der Waals surface area contributed by atoms with Crippen molar-refractivity contribution in [2.45, 2.75) is 0 Å². The van der Waals surface area contributed by atoms with Gasteiger partial charge in [0.15, 0.2) is 11.5 Å². The van der Waals surface area contributed by atoms with E-state index in [4.69, 9.17) is 19.2 Å². The molecule has 4 aromatic rings. The van der Waals surface area contributed by atoms with Crippen LogP contribution in [0, 0.1) is 0 Å². The van der Waals surface area contributed by atoms with Crippen LogP contribution in [0.25, 0.3) is 22.2 Å². The van der Waals surface area contributed by atoms with Crippen LogP contribution >= 0.6 is 15.9 Å². The Morgan fingerprint density at radius 1 is 0.875 bits per heavy atom. The molecule has 162 valence electrons. The lowest BCUT2D eigenvalue weighted by molar-refractivity contribution is 0.102. The highest BCUT2D eigenvalue weighted by atomic mass is 79.9. The summed E-state index contributed by atoms with van der Waals surface area (Å²) in [5.41, 5.74) is 3.25. The van der Waals surface area contributed by atoms with Crippen molar-refractivity contribution < 1.29 is 19.0 Å². The number of anilines is 1. The summed E-state index contributed by atoms with van der Waals surface area (Å²) in [6, 6.07) is 20.4. The zero-order valence-corrected chi connectivity index (χ0v) is 19.4. The molecule has 3 aromatic carbocycles. The molecule has 7 heteroatoms. The molecule has 0 aliphatic carbocycles. The molecule has 1 amide bonds. The van der Waals surface area contributed by atoms with E-state index in [2.05, 4.69) is 21.2 Å². The maximum absolute atomic E-state index is 13.3. The zero-order chi connectivity index (χ0) is 22.7. The van der Waals surface area contributed by atoms with Gasteiger partial charge in [-0.1, -0.05) is 30.3 Å². The first-order valence-corrected chi connectivity index (χ1v) is 10.6. The molecule has 0 saturated heterocycles. The number of pyridine rings is 1. The van der Waals surface area contributed by atoms with E-state index in [-0.39, 0.29) is 5.91 Å². The van der Waals surface area contributed by atoms with E-state index in [0.717, 1.165) is 15.4 Å². The number of carbonyl (C=O) groups is 1. The number of nitrogens with one attached hydrogen (secondary N) is 1. The number of halogens is 1. The summed E-state index contributed by atoms with van der Waals surface area (Å²) < 4.78 is 17.2. The van der Waals surface area contributed by atoms with Crippen LogP contribution in [0.15, 0.2) is 71.2 Å². The largest absolute Gasteiger partial charge is 0.493 e. The second-order valence-corrected chi connectivity index (χ2v) is 7.77. The third-order valence-electron chi connectivity index (χ3n) is 5.04. The highest BCUT2D eigenvalue weighted by Gasteiger charge is 2.18. The highest BCUT2D eigenvalue weighted by Crippen LogP contribution is 2.41. The Morgan fingerprint density at radius 3 is 2.19 bits per heavy atom. The predicted octanol–water partition coefficient (Wildman–Crippen LogP) is 5.94. The highest BCUT2D eigenvalue weighted by molar-refractivity contribution is 9.10. The molecule has 0 aliphatic heterocycles. The van der Waals surface area contributed by atoms with Crippen LogP contribution < -0.4 is 19.5 Å². The van der Waals surface area contributed by atoms with Crippen LogP contribution in [0.3, 0.4) is 0 Å². The second kappa shape index (κ2) is 9.28. The standard InChI is InChI=1S/C25H21BrN2O4/c1-30-22-12-15(13-23(31-2)24(22)32-3)21-14-17(16-8-4-6-10-19(16)27-21)25(29)28-20-11-7-5-9-18(20)26/h4-14H,1-3H3,(H,28,29). The fraction of sp³-hybridized carbons (Fsp3) is 0.120. The summed E-state index contributed by atoms with van der Waals surface area (Å²) in [6.45, 7) is 0. The number of aromatic nitrogens is 1. The fourth-order valence-corrected chi connectivity index (χ4v) is 3.88. The zero-order valence-electron chi connectivity index (χ0n) is 17.8. The number of ether oxygens (including phenoxy) is 3. The number of carbonyl (C=O) groups excluding carboxylic acids is 1. The molecular weight excluding hydrogens is 472 g/mol. The first-order chi connectivity index (χ1) is 15.5. The van der Waals surface area contributed by atoms with E-state index in [9.17, 15) is 4.79 Å². The minimum Gasteiger partial charge on any atom is -0.493 e. The molecule has 1 heterocycles. The average molecular weight is 493 g/mol. The minimum absolute atomic E-state index is 0.232. The van der Waals surface area contributed by atoms with Gasteiger partial charge in [-0.05, 0) is 52.3 Å². The molecule has 0 aliphatic rings. The van der Waals surface area contributed by atoms with E-state index < -0.39 is 0 Å². The number of fused-ring (bicyclic) bond motifs is 1. The Balaban J connectivity index is 1.86. The smallest absolute Gasteiger partial charge is 0.256 e. The van der Waals surface area contributed by atoms with Crippen molar-refractivity contribution in [3.63, 3.8) is 0 Å². The van der Waals surface area contributed by atoms with E-state index in [0.29, 0.717) is 39.7 Å². The Bertz CT molecular complexity index is 1280. The van der Waals surface area contributed by atoms with Gasteiger partial charge in [-0.25, -0.2) is 4.98 Å². The number of hydrogen-bond acceptors (Lipinski definition) is 5. The van der Waals surface area contributed by atoms with Gasteiger partial charge in [-0.2, -0.15) is 0 Å². The van der Waals surface area contributed by atoms with E-state index in [1.54, 1.807) is 27.4 Å². The normalized spacial score (nSPS) is 10.6. The van der Waals surface area contributed by atoms with Gasteiger partial charge in [-0.3, -0.25) is 4.79 Å². The molecule has 1 N–H and O–H groups in total. The summed E-state index contributed by atoms with van der Waals surface area (Å²) in [4.78, 5) is 18.1. The lowest BCUT2D eigenvalue weighted by Gasteiger charge is -2.15. The van der Waals surface area contributed by atoms with Crippen molar-refractivity contribution in [2.24, 2.45) is 0 Å².